The Labute approximate surface area is 302 Å². The van der Waals surface area contributed by atoms with Crippen LogP contribution < -0.4 is 0 Å². The lowest BCUT2D eigenvalue weighted by Gasteiger charge is -2.38. The SMILES string of the molecule is CC(C)[Si](C#Cc1ccc2c3cccc4c3c(c2c1)c1cccc2c3ccc(C#C[Si](C(C)C)(C(C)C)C(C)C)cc3c4c21)(C(C)C)C(C)C. The van der Waals surface area contributed by atoms with Crippen molar-refractivity contribution in [2.75, 3.05) is 0 Å². The van der Waals surface area contributed by atoms with Crippen LogP contribution in [0.5, 0.6) is 0 Å². The van der Waals surface area contributed by atoms with Crippen LogP contribution in [0.15, 0.2) is 72.8 Å². The predicted octanol–water partition coefficient (Wildman–Crippen LogP) is 14.6. The van der Waals surface area contributed by atoms with Gasteiger partial charge in [0.05, 0.1) is 0 Å². The third kappa shape index (κ3) is 4.86. The number of benzene rings is 5. The van der Waals surface area contributed by atoms with Crippen molar-refractivity contribution in [1.29, 1.82) is 0 Å². The van der Waals surface area contributed by atoms with E-state index in [1.165, 1.54) is 64.6 Å². The lowest BCUT2D eigenvalue weighted by molar-refractivity contribution is 0.838. The van der Waals surface area contributed by atoms with E-state index in [4.69, 9.17) is 0 Å². The summed E-state index contributed by atoms with van der Waals surface area (Å²) in [5.74, 6) is 7.53. The lowest BCUT2D eigenvalue weighted by atomic mass is 9.95. The molecule has 0 N–H and O–H groups in total. The molecule has 0 atom stereocenters. The quantitative estimate of drug-likeness (QED) is 0.0928. The van der Waals surface area contributed by atoms with Gasteiger partial charge in [0.2, 0.25) is 0 Å². The molecule has 254 valence electrons. The van der Waals surface area contributed by atoms with Gasteiger partial charge in [0.1, 0.15) is 16.1 Å². The highest BCUT2D eigenvalue weighted by Crippen LogP contribution is 2.50. The normalized spacial score (nSPS) is 13.2. The number of hydrogen-bond donors (Lipinski definition) is 0. The van der Waals surface area contributed by atoms with Gasteiger partial charge in [-0.3, -0.25) is 0 Å². The Morgan fingerprint density at radius 3 is 0.960 bits per heavy atom. The Bertz CT molecular complexity index is 2300. The molecule has 50 heavy (non-hydrogen) atoms. The van der Waals surface area contributed by atoms with Gasteiger partial charge in [0, 0.05) is 11.1 Å². The molecule has 0 heterocycles. The van der Waals surface area contributed by atoms with Crippen LogP contribution in [0.4, 0.5) is 0 Å². The maximum atomic E-state index is 3.99. The zero-order chi connectivity index (χ0) is 35.9. The van der Waals surface area contributed by atoms with Crippen LogP contribution in [-0.4, -0.2) is 16.1 Å². The molecule has 2 heteroatoms. The summed E-state index contributed by atoms with van der Waals surface area (Å²) in [7, 11) is -3.68. The van der Waals surface area contributed by atoms with Gasteiger partial charge in [-0.25, -0.2) is 0 Å². The summed E-state index contributed by atoms with van der Waals surface area (Å²) in [4.78, 5) is 0. The Kier molecular flexibility index (Phi) is 8.61. The Morgan fingerprint density at radius 1 is 0.340 bits per heavy atom. The van der Waals surface area contributed by atoms with E-state index in [1.54, 1.807) is 0 Å². The van der Waals surface area contributed by atoms with Gasteiger partial charge >= 0.3 is 0 Å². The van der Waals surface area contributed by atoms with Crippen molar-refractivity contribution in [3.8, 4) is 22.9 Å². The second-order valence-corrected chi connectivity index (χ2v) is 28.2. The maximum absolute atomic E-state index is 3.99. The molecule has 0 amide bonds. The summed E-state index contributed by atoms with van der Waals surface area (Å²) in [6.45, 7) is 28.8. The first-order valence-corrected chi connectivity index (χ1v) is 23.6. The fourth-order valence-corrected chi connectivity index (χ4v) is 21.1. The smallest absolute Gasteiger partial charge is 0.125 e. The first-order valence-electron chi connectivity index (χ1n) is 19.1. The molecule has 7 rings (SSSR count). The van der Waals surface area contributed by atoms with Crippen molar-refractivity contribution in [2.45, 2.75) is 116 Å². The molecule has 0 saturated heterocycles. The van der Waals surface area contributed by atoms with Gasteiger partial charge in [0.25, 0.3) is 0 Å². The highest BCUT2D eigenvalue weighted by Gasteiger charge is 2.42. The molecule has 0 unspecified atom stereocenters. The molecule has 0 saturated carbocycles. The van der Waals surface area contributed by atoms with E-state index in [9.17, 15) is 0 Å². The summed E-state index contributed by atoms with van der Waals surface area (Å²) < 4.78 is 0. The molecular formula is C48H54Si2. The van der Waals surface area contributed by atoms with Gasteiger partial charge in [-0.15, -0.1) is 11.1 Å². The molecule has 7 aromatic carbocycles. The van der Waals surface area contributed by atoms with Crippen LogP contribution in [0.3, 0.4) is 0 Å². The fourth-order valence-electron chi connectivity index (χ4n) is 10.7. The molecular weight excluding hydrogens is 633 g/mol. The largest absolute Gasteiger partial charge is 0.146 e. The molecule has 7 aromatic rings. The van der Waals surface area contributed by atoms with Crippen LogP contribution in [0.2, 0.25) is 33.2 Å². The van der Waals surface area contributed by atoms with Crippen LogP contribution in [0.1, 0.15) is 94.2 Å². The van der Waals surface area contributed by atoms with Gasteiger partial charge in [-0.05, 0) is 122 Å². The summed E-state index contributed by atoms with van der Waals surface area (Å²) in [5.41, 5.74) is 13.9. The lowest BCUT2D eigenvalue weighted by Crippen LogP contribution is -2.43. The first kappa shape index (κ1) is 34.6. The molecule has 0 fully saturated rings. The maximum Gasteiger partial charge on any atom is 0.146 e. The third-order valence-corrected chi connectivity index (χ3v) is 25.5. The topological polar surface area (TPSA) is 0 Å². The van der Waals surface area contributed by atoms with Crippen molar-refractivity contribution < 1.29 is 0 Å². The summed E-state index contributed by atoms with van der Waals surface area (Å²) in [6.07, 6.45) is 0. The van der Waals surface area contributed by atoms with Crippen molar-refractivity contribution >= 4 is 80.8 Å². The van der Waals surface area contributed by atoms with Crippen molar-refractivity contribution in [2.24, 2.45) is 0 Å². The molecule has 0 bridgehead atoms. The van der Waals surface area contributed by atoms with Gasteiger partial charge < -0.3 is 0 Å². The van der Waals surface area contributed by atoms with E-state index < -0.39 is 16.1 Å². The second-order valence-electron chi connectivity index (χ2n) is 17.0. The highest BCUT2D eigenvalue weighted by atomic mass is 28.3. The van der Waals surface area contributed by atoms with Crippen LogP contribution >= 0.6 is 0 Å². The van der Waals surface area contributed by atoms with Gasteiger partial charge in [0.15, 0.2) is 0 Å². The zero-order valence-electron chi connectivity index (χ0n) is 32.4. The molecule has 0 spiro atoms. The fraction of sp³-hybridized carbons (Fsp3) is 0.375. The number of hydrogen-bond acceptors (Lipinski definition) is 0. The van der Waals surface area contributed by atoms with Gasteiger partial charge in [-0.2, -0.15) is 0 Å². The minimum atomic E-state index is -1.84. The highest BCUT2D eigenvalue weighted by molar-refractivity contribution is 6.91. The molecule has 0 aliphatic heterocycles. The molecule has 0 nitrogen and oxygen atoms in total. The molecule has 0 aliphatic rings. The Hall–Kier alpha value is -3.83. The van der Waals surface area contributed by atoms with Crippen LogP contribution in [0.25, 0.3) is 64.6 Å². The van der Waals surface area contributed by atoms with Crippen molar-refractivity contribution in [3.63, 3.8) is 0 Å². The monoisotopic (exact) mass is 686 g/mol. The van der Waals surface area contributed by atoms with E-state index in [0.717, 1.165) is 11.1 Å². The first-order chi connectivity index (χ1) is 23.7. The number of fused-ring (bicyclic) bond motifs is 8. The minimum Gasteiger partial charge on any atom is -0.125 e. The number of rotatable bonds is 6. The molecule has 0 radical (unpaired) electrons. The second kappa shape index (κ2) is 12.4. The average Bonchev–Trinajstić information content (AvgIpc) is 3.57. The summed E-state index contributed by atoms with van der Waals surface area (Å²) in [5, 5.41) is 16.3. The minimum absolute atomic E-state index is 0.614. The van der Waals surface area contributed by atoms with Crippen molar-refractivity contribution in [1.82, 2.24) is 0 Å². The van der Waals surface area contributed by atoms with E-state index in [-0.39, 0.29) is 0 Å². The van der Waals surface area contributed by atoms with E-state index in [1.807, 2.05) is 0 Å². The standard InChI is InChI=1S/C48H54Si2/c1-29(2)49(30(3)4,31(5)6)25-23-35-19-21-37-39-15-13-18-42-45(39)47(43(37)27-35)41-17-14-16-40-38-22-20-36(28-44(38)48(42)46(40)41)24-26-50(32(7)8,33(9)10)34(11)12/h13-22,27-34H,1-12H3. The van der Waals surface area contributed by atoms with Gasteiger partial charge in [-0.1, -0.05) is 143 Å². The summed E-state index contributed by atoms with van der Waals surface area (Å²) >= 11 is 0. The molecule has 0 aliphatic carbocycles. The Morgan fingerprint density at radius 2 is 0.640 bits per heavy atom. The zero-order valence-corrected chi connectivity index (χ0v) is 34.4. The van der Waals surface area contributed by atoms with Crippen LogP contribution in [0, 0.1) is 22.9 Å². The predicted molar refractivity (Wildman–Crippen MR) is 230 cm³/mol. The molecule has 0 aromatic heterocycles. The van der Waals surface area contributed by atoms with Crippen molar-refractivity contribution in [3.05, 3.63) is 83.9 Å². The van der Waals surface area contributed by atoms with E-state index in [2.05, 4.69) is 179 Å². The summed E-state index contributed by atoms with van der Waals surface area (Å²) in [6, 6.07) is 27.9. The Balaban J connectivity index is 1.51. The van der Waals surface area contributed by atoms with E-state index >= 15 is 0 Å². The van der Waals surface area contributed by atoms with E-state index in [0.29, 0.717) is 33.2 Å². The third-order valence-electron chi connectivity index (χ3n) is 12.9. The van der Waals surface area contributed by atoms with Crippen LogP contribution in [-0.2, 0) is 0 Å². The average molecular weight is 687 g/mol.